The molecule has 0 aliphatic carbocycles. The highest BCUT2D eigenvalue weighted by Gasteiger charge is 2.37. The van der Waals surface area contributed by atoms with E-state index in [0.717, 1.165) is 12.2 Å². The van der Waals surface area contributed by atoms with Crippen LogP contribution in [-0.4, -0.2) is 51.8 Å². The van der Waals surface area contributed by atoms with Gasteiger partial charge in [-0.1, -0.05) is 0 Å². The third kappa shape index (κ3) is 1.16. The van der Waals surface area contributed by atoms with Crippen LogP contribution in [0.15, 0.2) is 24.5 Å². The minimum atomic E-state index is 0.110. The van der Waals surface area contributed by atoms with Crippen LogP contribution in [0.25, 0.3) is 5.70 Å². The van der Waals surface area contributed by atoms with Gasteiger partial charge in [-0.25, -0.2) is 9.48 Å². The normalized spacial score (nSPS) is 24.7. The van der Waals surface area contributed by atoms with Crippen molar-refractivity contribution in [2.45, 2.75) is 6.04 Å². The van der Waals surface area contributed by atoms with E-state index in [2.05, 4.69) is 11.2 Å². The molecule has 1 saturated heterocycles. The summed E-state index contributed by atoms with van der Waals surface area (Å²) in [7, 11) is 1.84. The molecule has 0 unspecified atom stereocenters. The minimum Gasteiger partial charge on any atom is -0.319 e. The Balaban J connectivity index is 1.96. The second-order valence-corrected chi connectivity index (χ2v) is 3.95. The van der Waals surface area contributed by atoms with Crippen LogP contribution in [0.5, 0.6) is 0 Å². The molecule has 2 bridgehead atoms. The highest BCUT2D eigenvalue weighted by atomic mass is 16.2. The number of rotatable bonds is 1. The smallest absolute Gasteiger partial charge is 0.319 e. The Morgan fingerprint density at radius 3 is 3.07 bits per heavy atom. The quantitative estimate of drug-likeness (QED) is 0.667. The van der Waals surface area contributed by atoms with Gasteiger partial charge in [0.1, 0.15) is 0 Å². The number of carbonyl (C=O) groups excluding carboxylic acids is 1. The van der Waals surface area contributed by atoms with Crippen molar-refractivity contribution in [3.8, 4) is 0 Å². The average molecular weight is 204 g/mol. The van der Waals surface area contributed by atoms with Gasteiger partial charge in [-0.2, -0.15) is 5.10 Å². The molecule has 2 aliphatic rings. The van der Waals surface area contributed by atoms with Crippen LogP contribution in [0.1, 0.15) is 0 Å². The van der Waals surface area contributed by atoms with Crippen molar-refractivity contribution < 1.29 is 4.79 Å². The minimum absolute atomic E-state index is 0.110. The molecule has 15 heavy (non-hydrogen) atoms. The zero-order valence-corrected chi connectivity index (χ0v) is 8.50. The second-order valence-electron chi connectivity index (χ2n) is 3.95. The number of hydrogen-bond donors (Lipinski definition) is 0. The van der Waals surface area contributed by atoms with Gasteiger partial charge in [-0.3, -0.25) is 0 Å². The maximum atomic E-state index is 11.7. The molecule has 2 aliphatic heterocycles. The number of fused-ring (bicyclic) bond motifs is 2. The SMILES string of the molecule is CN1C(=O)N2CC(n3cccn3)=C[C@@H]1C2. The van der Waals surface area contributed by atoms with Crippen molar-refractivity contribution in [3.63, 3.8) is 0 Å². The third-order valence-corrected chi connectivity index (χ3v) is 3.01. The molecule has 1 aromatic rings. The first-order chi connectivity index (χ1) is 7.25. The molecule has 5 heteroatoms. The van der Waals surface area contributed by atoms with E-state index in [1.807, 2.05) is 28.9 Å². The number of aromatic nitrogens is 2. The first-order valence-corrected chi connectivity index (χ1v) is 4.98. The lowest BCUT2D eigenvalue weighted by Gasteiger charge is -2.21. The number of hydrogen-bond acceptors (Lipinski definition) is 2. The van der Waals surface area contributed by atoms with E-state index in [4.69, 9.17) is 0 Å². The van der Waals surface area contributed by atoms with Gasteiger partial charge in [0.15, 0.2) is 0 Å². The Kier molecular flexibility index (Phi) is 1.62. The summed E-state index contributed by atoms with van der Waals surface area (Å²) in [5.41, 5.74) is 1.08. The van der Waals surface area contributed by atoms with Gasteiger partial charge in [0.05, 0.1) is 18.3 Å². The predicted octanol–water partition coefficient (Wildman–Crippen LogP) is 0.474. The Morgan fingerprint density at radius 2 is 2.40 bits per heavy atom. The fourth-order valence-corrected chi connectivity index (χ4v) is 2.15. The van der Waals surface area contributed by atoms with E-state index in [1.165, 1.54) is 0 Å². The number of carbonyl (C=O) groups is 1. The molecule has 2 amide bonds. The number of amides is 2. The van der Waals surface area contributed by atoms with Crippen LogP contribution in [0.3, 0.4) is 0 Å². The van der Waals surface area contributed by atoms with Gasteiger partial charge in [0.2, 0.25) is 0 Å². The molecule has 1 aromatic heterocycles. The summed E-state index contributed by atoms with van der Waals surface area (Å²) in [5, 5.41) is 4.18. The van der Waals surface area contributed by atoms with Gasteiger partial charge in [-0.15, -0.1) is 0 Å². The van der Waals surface area contributed by atoms with Crippen LogP contribution in [0, 0.1) is 0 Å². The lowest BCUT2D eigenvalue weighted by Crippen LogP contribution is -2.31. The summed E-state index contributed by atoms with van der Waals surface area (Å²) in [4.78, 5) is 15.3. The largest absolute Gasteiger partial charge is 0.320 e. The third-order valence-electron chi connectivity index (χ3n) is 3.01. The zero-order chi connectivity index (χ0) is 10.4. The van der Waals surface area contributed by atoms with E-state index in [-0.39, 0.29) is 12.1 Å². The molecule has 5 nitrogen and oxygen atoms in total. The Labute approximate surface area is 87.6 Å². The predicted molar refractivity (Wildman–Crippen MR) is 55.0 cm³/mol. The van der Waals surface area contributed by atoms with Crippen LogP contribution in [-0.2, 0) is 0 Å². The fraction of sp³-hybridized carbons (Fsp3) is 0.400. The van der Waals surface area contributed by atoms with E-state index in [0.29, 0.717) is 6.54 Å². The molecule has 3 rings (SSSR count). The number of urea groups is 1. The first-order valence-electron chi connectivity index (χ1n) is 4.98. The molecule has 0 spiro atoms. The molecular formula is C10H12N4O. The number of nitrogens with zero attached hydrogens (tertiary/aromatic N) is 4. The summed E-state index contributed by atoms with van der Waals surface area (Å²) in [6.45, 7) is 1.46. The van der Waals surface area contributed by atoms with Gasteiger partial charge in [0.25, 0.3) is 0 Å². The molecule has 3 heterocycles. The van der Waals surface area contributed by atoms with Crippen molar-refractivity contribution in [2.24, 2.45) is 0 Å². The average Bonchev–Trinajstić information content (AvgIpc) is 2.84. The lowest BCUT2D eigenvalue weighted by molar-refractivity contribution is 0.201. The van der Waals surface area contributed by atoms with E-state index in [9.17, 15) is 4.79 Å². The van der Waals surface area contributed by atoms with Crippen molar-refractivity contribution in [1.29, 1.82) is 0 Å². The van der Waals surface area contributed by atoms with Crippen LogP contribution in [0.2, 0.25) is 0 Å². The van der Waals surface area contributed by atoms with Crippen molar-refractivity contribution in [1.82, 2.24) is 19.6 Å². The lowest BCUT2D eigenvalue weighted by atomic mass is 10.2. The van der Waals surface area contributed by atoms with E-state index in [1.54, 1.807) is 11.1 Å². The van der Waals surface area contributed by atoms with Crippen LogP contribution < -0.4 is 0 Å². The molecule has 0 aromatic carbocycles. The monoisotopic (exact) mass is 204 g/mol. The van der Waals surface area contributed by atoms with Gasteiger partial charge in [-0.05, 0) is 12.1 Å². The maximum absolute atomic E-state index is 11.7. The molecule has 0 radical (unpaired) electrons. The molecule has 0 saturated carbocycles. The molecule has 78 valence electrons. The highest BCUT2D eigenvalue weighted by molar-refractivity contribution is 5.80. The Hall–Kier alpha value is -1.78. The summed E-state index contributed by atoms with van der Waals surface area (Å²) in [6.07, 6.45) is 5.77. The van der Waals surface area contributed by atoms with Gasteiger partial charge in [0, 0.05) is 26.0 Å². The Bertz CT molecular complexity index is 423. The van der Waals surface area contributed by atoms with Crippen molar-refractivity contribution in [2.75, 3.05) is 20.1 Å². The van der Waals surface area contributed by atoms with Crippen LogP contribution in [0.4, 0.5) is 4.79 Å². The molecule has 1 fully saturated rings. The number of likely N-dealkylation sites (N-methyl/N-ethyl adjacent to an activating group) is 1. The fourth-order valence-electron chi connectivity index (χ4n) is 2.15. The summed E-state index contributed by atoms with van der Waals surface area (Å²) < 4.78 is 1.82. The second kappa shape index (κ2) is 2.85. The van der Waals surface area contributed by atoms with E-state index >= 15 is 0 Å². The molecule has 1 atom stereocenters. The van der Waals surface area contributed by atoms with E-state index < -0.39 is 0 Å². The van der Waals surface area contributed by atoms with Gasteiger partial charge < -0.3 is 9.80 Å². The first kappa shape index (κ1) is 8.52. The van der Waals surface area contributed by atoms with Crippen molar-refractivity contribution >= 4 is 11.7 Å². The topological polar surface area (TPSA) is 41.4 Å². The Morgan fingerprint density at radius 1 is 1.53 bits per heavy atom. The van der Waals surface area contributed by atoms with Crippen LogP contribution >= 0.6 is 0 Å². The van der Waals surface area contributed by atoms with Gasteiger partial charge >= 0.3 is 6.03 Å². The summed E-state index contributed by atoms with van der Waals surface area (Å²) >= 11 is 0. The maximum Gasteiger partial charge on any atom is 0.320 e. The molecular weight excluding hydrogens is 192 g/mol. The van der Waals surface area contributed by atoms with Crippen molar-refractivity contribution in [3.05, 3.63) is 24.5 Å². The summed E-state index contributed by atoms with van der Waals surface area (Å²) in [5.74, 6) is 0. The molecule has 0 N–H and O–H groups in total. The standard InChI is InChI=1S/C10H12N4O/c1-12-8-5-9(14-4-2-3-11-14)7-13(6-8)10(12)15/h2-5,8H,6-7H2,1H3/t8-/m1/s1. The summed E-state index contributed by atoms with van der Waals surface area (Å²) in [6, 6.07) is 2.20. The zero-order valence-electron chi connectivity index (χ0n) is 8.50. The highest BCUT2D eigenvalue weighted by Crippen LogP contribution is 2.24.